The highest BCUT2D eigenvalue weighted by Gasteiger charge is 1.99. The van der Waals surface area contributed by atoms with Crippen molar-refractivity contribution in [3.8, 4) is 0 Å². The highest BCUT2D eigenvalue weighted by atomic mass is 14.1. The van der Waals surface area contributed by atoms with Crippen LogP contribution in [0.3, 0.4) is 0 Å². The van der Waals surface area contributed by atoms with Crippen molar-refractivity contribution in [3.63, 3.8) is 0 Å². The van der Waals surface area contributed by atoms with Crippen LogP contribution in [0.25, 0.3) is 0 Å². The molecule has 0 aromatic carbocycles. The summed E-state index contributed by atoms with van der Waals surface area (Å²) in [5, 5.41) is 0. The van der Waals surface area contributed by atoms with Gasteiger partial charge in [-0.3, -0.25) is 0 Å². The zero-order valence-corrected chi connectivity index (χ0v) is 38.3. The van der Waals surface area contributed by atoms with E-state index in [-0.39, 0.29) is 0 Å². The quantitative estimate of drug-likeness (QED) is 0.0429. The summed E-state index contributed by atoms with van der Waals surface area (Å²) in [5.41, 5.74) is 0. The van der Waals surface area contributed by atoms with Gasteiger partial charge >= 0.3 is 0 Å². The molecule has 54 heavy (non-hydrogen) atoms. The number of allylic oxidation sites excluding steroid dienone is 4. The minimum Gasteiger partial charge on any atom is -0.0917 e. The summed E-state index contributed by atoms with van der Waals surface area (Å²) in [7, 11) is 0. The number of unbranched alkanes of at least 4 members (excludes halogenated alkanes) is 47. The van der Waals surface area contributed by atoms with Gasteiger partial charge in [0, 0.05) is 0 Å². The Labute approximate surface area is 345 Å². The Morgan fingerprint density at radius 3 is 0.333 bits per heavy atom. The summed E-state index contributed by atoms with van der Waals surface area (Å²) in [6.45, 7) is 4.26. The van der Waals surface area contributed by atoms with E-state index in [0.29, 0.717) is 0 Å². The molecule has 0 saturated heterocycles. The van der Waals surface area contributed by atoms with Gasteiger partial charge in [0.2, 0.25) is 0 Å². The van der Waals surface area contributed by atoms with Crippen LogP contribution in [0.1, 0.15) is 322 Å². The van der Waals surface area contributed by atoms with Gasteiger partial charge in [0.15, 0.2) is 0 Å². The maximum atomic E-state index is 2.31. The number of rotatable bonds is 49. The Balaban J connectivity index is 3.06. The van der Waals surface area contributed by atoms with Crippen molar-refractivity contribution >= 4 is 0 Å². The topological polar surface area (TPSA) is 0 Å². The third-order valence-corrected chi connectivity index (χ3v) is 12.5. The lowest BCUT2D eigenvalue weighted by molar-refractivity contribution is 0.508. The molecule has 0 heterocycles. The predicted octanol–water partition coefficient (Wildman–Crippen LogP) is 20.9. The van der Waals surface area contributed by atoms with E-state index in [2.05, 4.69) is 38.2 Å². The minimum absolute atomic E-state index is 1.29. The highest BCUT2D eigenvalue weighted by molar-refractivity contribution is 4.76. The smallest absolute Gasteiger partial charge is 0.0351 e. The summed E-state index contributed by atoms with van der Waals surface area (Å²) in [6, 6.07) is 0. The van der Waals surface area contributed by atoms with Crippen LogP contribution in [0.5, 0.6) is 0 Å². The maximum Gasteiger partial charge on any atom is -0.0351 e. The monoisotopic (exact) mass is 755 g/mol. The van der Waals surface area contributed by atoms with E-state index in [1.165, 1.54) is 308 Å². The molecule has 0 nitrogen and oxygen atoms in total. The van der Waals surface area contributed by atoms with Crippen molar-refractivity contribution in [2.45, 2.75) is 322 Å². The molecule has 0 heteroatoms. The molecule has 0 atom stereocenters. The molecule has 0 aromatic rings. The normalized spacial score (nSPS) is 12.0. The molecular weight excluding hydrogens is 649 g/mol. The van der Waals surface area contributed by atoms with Crippen molar-refractivity contribution < 1.29 is 0 Å². The molecule has 0 unspecified atom stereocenters. The van der Waals surface area contributed by atoms with Gasteiger partial charge in [0.25, 0.3) is 0 Å². The number of hydrogen-bond acceptors (Lipinski definition) is 0. The molecular formula is C54H106. The molecule has 0 bridgehead atoms. The van der Waals surface area contributed by atoms with Crippen molar-refractivity contribution in [1.29, 1.82) is 0 Å². The Bertz CT molecular complexity index is 614. The van der Waals surface area contributed by atoms with Gasteiger partial charge in [-0.05, 0) is 39.5 Å². The van der Waals surface area contributed by atoms with Gasteiger partial charge in [0.1, 0.15) is 0 Å². The zero-order valence-electron chi connectivity index (χ0n) is 38.3. The molecule has 0 aromatic heterocycles. The zero-order chi connectivity index (χ0) is 38.8. The first kappa shape index (κ1) is 53.5. The Morgan fingerprint density at radius 1 is 0.148 bits per heavy atom. The average molecular weight is 755 g/mol. The van der Waals surface area contributed by atoms with E-state index >= 15 is 0 Å². The molecule has 0 aliphatic rings. The van der Waals surface area contributed by atoms with Crippen LogP contribution in [0.2, 0.25) is 0 Å². The van der Waals surface area contributed by atoms with E-state index in [9.17, 15) is 0 Å². The summed E-state index contributed by atoms with van der Waals surface area (Å²) >= 11 is 0. The van der Waals surface area contributed by atoms with Gasteiger partial charge < -0.3 is 0 Å². The van der Waals surface area contributed by atoms with Gasteiger partial charge in [-0.1, -0.05) is 307 Å². The first-order chi connectivity index (χ1) is 26.9. The van der Waals surface area contributed by atoms with Crippen LogP contribution in [-0.4, -0.2) is 0 Å². The molecule has 0 saturated carbocycles. The fourth-order valence-electron chi connectivity index (χ4n) is 8.64. The molecule has 0 radical (unpaired) electrons. The first-order valence-electron chi connectivity index (χ1n) is 26.1. The van der Waals surface area contributed by atoms with Gasteiger partial charge in [0.05, 0.1) is 0 Å². The second-order valence-electron chi connectivity index (χ2n) is 18.0. The summed E-state index contributed by atoms with van der Waals surface area (Å²) in [6.07, 6.45) is 79.7. The van der Waals surface area contributed by atoms with Crippen LogP contribution in [-0.2, 0) is 0 Å². The molecule has 0 aliphatic carbocycles. The molecule has 322 valence electrons. The molecule has 0 amide bonds. The lowest BCUT2D eigenvalue weighted by Gasteiger charge is -2.05. The van der Waals surface area contributed by atoms with Crippen molar-refractivity contribution in [1.82, 2.24) is 0 Å². The van der Waals surface area contributed by atoms with Crippen LogP contribution in [0.15, 0.2) is 24.3 Å². The molecule has 0 spiro atoms. The van der Waals surface area contributed by atoms with E-state index in [1.54, 1.807) is 0 Å². The summed E-state index contributed by atoms with van der Waals surface area (Å²) in [4.78, 5) is 0. The Morgan fingerprint density at radius 2 is 0.241 bits per heavy atom. The van der Waals surface area contributed by atoms with Crippen molar-refractivity contribution in [2.75, 3.05) is 0 Å². The fraction of sp³-hybridized carbons (Fsp3) is 0.926. The molecule has 0 rings (SSSR count). The average Bonchev–Trinajstić information content (AvgIpc) is 3.18. The molecule has 0 aliphatic heterocycles. The first-order valence-corrected chi connectivity index (χ1v) is 26.1. The molecule has 0 N–H and O–H groups in total. The van der Waals surface area contributed by atoms with Crippen LogP contribution in [0.4, 0.5) is 0 Å². The summed E-state index contributed by atoms with van der Waals surface area (Å²) in [5.74, 6) is 0. The van der Waals surface area contributed by atoms with E-state index < -0.39 is 0 Å². The third-order valence-electron chi connectivity index (χ3n) is 12.5. The third kappa shape index (κ3) is 51.5. The van der Waals surface area contributed by atoms with Gasteiger partial charge in [-0.2, -0.15) is 0 Å². The summed E-state index contributed by atoms with van der Waals surface area (Å²) < 4.78 is 0. The van der Waals surface area contributed by atoms with Crippen molar-refractivity contribution in [3.05, 3.63) is 24.3 Å². The van der Waals surface area contributed by atoms with E-state index in [1.807, 2.05) is 0 Å². The lowest BCUT2D eigenvalue weighted by atomic mass is 10.0. The van der Waals surface area contributed by atoms with Crippen LogP contribution >= 0.6 is 0 Å². The Hall–Kier alpha value is -0.520. The predicted molar refractivity (Wildman–Crippen MR) is 251 cm³/mol. The SMILES string of the molecule is CC=CCCCCCCCCCCCCCCCCCCCCCCCCCCCCCCCCCCCCCCCCCCCCCCCCC=CC. The largest absolute Gasteiger partial charge is 0.0917 e. The van der Waals surface area contributed by atoms with Gasteiger partial charge in [-0.25, -0.2) is 0 Å². The maximum absolute atomic E-state index is 2.31. The van der Waals surface area contributed by atoms with Crippen molar-refractivity contribution in [2.24, 2.45) is 0 Å². The Kier molecular flexibility index (Phi) is 52.0. The second-order valence-corrected chi connectivity index (χ2v) is 18.0. The second kappa shape index (κ2) is 52.5. The minimum atomic E-state index is 1.29. The lowest BCUT2D eigenvalue weighted by Crippen LogP contribution is -1.85. The highest BCUT2D eigenvalue weighted by Crippen LogP contribution is 2.18. The standard InChI is InChI=1S/C54H106/c1-3-5-7-9-11-13-15-17-19-21-23-25-27-29-31-33-35-37-39-41-43-45-47-49-51-53-54-52-50-48-46-44-42-40-38-36-34-32-30-28-26-24-22-20-18-16-14-12-10-8-6-4-2/h3-6H,7-54H2,1-2H3. The molecule has 0 fully saturated rings. The van der Waals surface area contributed by atoms with E-state index in [0.717, 1.165) is 0 Å². The van der Waals surface area contributed by atoms with Crippen LogP contribution in [0, 0.1) is 0 Å². The number of hydrogen-bond donors (Lipinski definition) is 0. The van der Waals surface area contributed by atoms with Crippen LogP contribution < -0.4 is 0 Å². The fourth-order valence-corrected chi connectivity index (χ4v) is 8.64. The van der Waals surface area contributed by atoms with E-state index in [4.69, 9.17) is 0 Å². The van der Waals surface area contributed by atoms with Gasteiger partial charge in [-0.15, -0.1) is 0 Å².